The van der Waals surface area contributed by atoms with Gasteiger partial charge in [0.15, 0.2) is 5.69 Å². The van der Waals surface area contributed by atoms with Crippen LogP contribution < -0.4 is 5.32 Å². The van der Waals surface area contributed by atoms with Gasteiger partial charge in [-0.3, -0.25) is 14.2 Å². The maximum atomic E-state index is 13.1. The van der Waals surface area contributed by atoms with Gasteiger partial charge in [0.2, 0.25) is 5.91 Å². The minimum absolute atomic E-state index is 0.00766. The van der Waals surface area contributed by atoms with Crippen molar-refractivity contribution in [2.45, 2.75) is 44.4 Å². The number of halogens is 5. The van der Waals surface area contributed by atoms with Gasteiger partial charge in [0.05, 0.1) is 39.6 Å². The van der Waals surface area contributed by atoms with E-state index in [2.05, 4.69) is 47.4 Å². The van der Waals surface area contributed by atoms with E-state index < -0.39 is 11.9 Å². The number of rotatable bonds is 6. The maximum Gasteiger partial charge on any atom is 0.436 e. The standard InChI is InChI=1S/C15H16Br2F3N5O/c1-24-10(9(16)6-22-24)7-21-11(26)4-5-25-13(8-2-3-8)12(17)14(23-25)15(18,19)20/h6,8H,2-5,7H2,1H3,(H,21,26). The number of nitrogens with zero attached hydrogens (tertiary/aromatic N) is 4. The van der Waals surface area contributed by atoms with E-state index in [-0.39, 0.29) is 35.8 Å². The first-order chi connectivity index (χ1) is 12.2. The van der Waals surface area contributed by atoms with Crippen molar-refractivity contribution in [2.75, 3.05) is 0 Å². The largest absolute Gasteiger partial charge is 0.436 e. The third-order valence-electron chi connectivity index (χ3n) is 4.18. The molecule has 2 aromatic heterocycles. The summed E-state index contributed by atoms with van der Waals surface area (Å²) in [6.45, 7) is 0.376. The van der Waals surface area contributed by atoms with Crippen molar-refractivity contribution in [1.82, 2.24) is 24.9 Å². The molecule has 2 heterocycles. The molecule has 1 aliphatic rings. The summed E-state index contributed by atoms with van der Waals surface area (Å²) in [5.41, 5.74) is 0.399. The molecule has 0 aromatic carbocycles. The average Bonchev–Trinajstić information content (AvgIpc) is 3.25. The van der Waals surface area contributed by atoms with Crippen LogP contribution in [0.2, 0.25) is 0 Å². The molecule has 1 amide bonds. The molecule has 6 nitrogen and oxygen atoms in total. The van der Waals surface area contributed by atoms with Crippen LogP contribution in [0.4, 0.5) is 13.2 Å². The number of hydrogen-bond acceptors (Lipinski definition) is 3. The van der Waals surface area contributed by atoms with Crippen LogP contribution in [0.1, 0.15) is 42.3 Å². The van der Waals surface area contributed by atoms with Gasteiger partial charge in [-0.1, -0.05) is 0 Å². The Morgan fingerprint density at radius 1 is 1.38 bits per heavy atom. The fraction of sp³-hybridized carbons (Fsp3) is 0.533. The summed E-state index contributed by atoms with van der Waals surface area (Å²) < 4.78 is 43.0. The number of carbonyl (C=O) groups is 1. The summed E-state index contributed by atoms with van der Waals surface area (Å²) in [6.07, 6.45) is -1.18. The second kappa shape index (κ2) is 7.34. The molecule has 0 saturated heterocycles. The zero-order valence-electron chi connectivity index (χ0n) is 13.8. The highest BCUT2D eigenvalue weighted by molar-refractivity contribution is 9.10. The molecule has 2 aromatic rings. The van der Waals surface area contributed by atoms with Crippen LogP contribution in [-0.4, -0.2) is 25.5 Å². The first-order valence-corrected chi connectivity index (χ1v) is 9.53. The highest BCUT2D eigenvalue weighted by Crippen LogP contribution is 2.47. The second-order valence-corrected chi connectivity index (χ2v) is 7.78. The van der Waals surface area contributed by atoms with E-state index in [0.29, 0.717) is 5.69 Å². The van der Waals surface area contributed by atoms with Crippen molar-refractivity contribution in [3.05, 3.63) is 32.2 Å². The van der Waals surface area contributed by atoms with Crippen LogP contribution in [0.15, 0.2) is 15.1 Å². The van der Waals surface area contributed by atoms with Gasteiger partial charge in [0, 0.05) is 19.4 Å². The molecule has 0 atom stereocenters. The Hall–Kier alpha value is -1.36. The molecule has 0 unspecified atom stereocenters. The first kappa shape index (κ1) is 19.4. The highest BCUT2D eigenvalue weighted by atomic mass is 79.9. The predicted octanol–water partition coefficient (Wildman–Crippen LogP) is 3.74. The van der Waals surface area contributed by atoms with Gasteiger partial charge in [-0.05, 0) is 44.7 Å². The van der Waals surface area contributed by atoms with Crippen molar-refractivity contribution in [2.24, 2.45) is 7.05 Å². The summed E-state index contributed by atoms with van der Waals surface area (Å²) in [4.78, 5) is 12.1. The van der Waals surface area contributed by atoms with Crippen LogP contribution in [0.25, 0.3) is 0 Å². The van der Waals surface area contributed by atoms with Gasteiger partial charge in [0.1, 0.15) is 0 Å². The van der Waals surface area contributed by atoms with Crippen LogP contribution in [0.3, 0.4) is 0 Å². The number of carbonyl (C=O) groups excluding carboxylic acids is 1. The molecule has 142 valence electrons. The molecule has 1 aliphatic carbocycles. The Bertz CT molecular complexity index is 807. The minimum Gasteiger partial charge on any atom is -0.350 e. The van der Waals surface area contributed by atoms with E-state index in [9.17, 15) is 18.0 Å². The summed E-state index contributed by atoms with van der Waals surface area (Å²) in [7, 11) is 1.76. The van der Waals surface area contributed by atoms with E-state index in [0.717, 1.165) is 23.0 Å². The fourth-order valence-corrected chi connectivity index (χ4v) is 3.99. The zero-order chi connectivity index (χ0) is 19.1. The molecule has 1 fully saturated rings. The van der Waals surface area contributed by atoms with Crippen LogP contribution in [0, 0.1) is 0 Å². The van der Waals surface area contributed by atoms with E-state index in [1.54, 1.807) is 17.9 Å². The smallest absolute Gasteiger partial charge is 0.350 e. The third-order valence-corrected chi connectivity index (χ3v) is 5.62. The lowest BCUT2D eigenvalue weighted by atomic mass is 10.2. The molecule has 26 heavy (non-hydrogen) atoms. The normalized spacial score (nSPS) is 14.7. The first-order valence-electron chi connectivity index (χ1n) is 7.95. The molecule has 0 radical (unpaired) electrons. The zero-order valence-corrected chi connectivity index (χ0v) is 16.9. The fourth-order valence-electron chi connectivity index (χ4n) is 2.66. The van der Waals surface area contributed by atoms with E-state index in [1.165, 1.54) is 4.68 Å². The van der Waals surface area contributed by atoms with Crippen molar-refractivity contribution in [3.8, 4) is 0 Å². The molecule has 0 aliphatic heterocycles. The van der Waals surface area contributed by atoms with Crippen LogP contribution >= 0.6 is 31.9 Å². The molecule has 3 rings (SSSR count). The summed E-state index contributed by atoms with van der Waals surface area (Å²) in [6, 6.07) is 0. The van der Waals surface area contributed by atoms with Crippen molar-refractivity contribution >= 4 is 37.8 Å². The Kier molecular flexibility index (Phi) is 5.48. The van der Waals surface area contributed by atoms with Crippen LogP contribution in [-0.2, 0) is 31.1 Å². The Balaban J connectivity index is 1.65. The molecule has 1 N–H and O–H groups in total. The number of hydrogen-bond donors (Lipinski definition) is 1. The third kappa shape index (κ3) is 4.13. The Morgan fingerprint density at radius 2 is 2.08 bits per heavy atom. The molecule has 0 spiro atoms. The van der Waals surface area contributed by atoms with Gasteiger partial charge in [-0.25, -0.2) is 0 Å². The predicted molar refractivity (Wildman–Crippen MR) is 94.3 cm³/mol. The molecular formula is C15H16Br2F3N5O. The quantitative estimate of drug-likeness (QED) is 0.659. The Labute approximate surface area is 164 Å². The summed E-state index contributed by atoms with van der Waals surface area (Å²) in [5, 5.41) is 10.5. The van der Waals surface area contributed by atoms with Crippen molar-refractivity contribution in [3.63, 3.8) is 0 Å². The Morgan fingerprint density at radius 3 is 2.62 bits per heavy atom. The number of nitrogens with one attached hydrogen (secondary N) is 1. The monoisotopic (exact) mass is 497 g/mol. The average molecular weight is 499 g/mol. The number of alkyl halides is 3. The van der Waals surface area contributed by atoms with Gasteiger partial charge in [-0.2, -0.15) is 23.4 Å². The van der Waals surface area contributed by atoms with Gasteiger partial charge < -0.3 is 5.32 Å². The van der Waals surface area contributed by atoms with Gasteiger partial charge in [-0.15, -0.1) is 0 Å². The second-order valence-electron chi connectivity index (χ2n) is 6.13. The van der Waals surface area contributed by atoms with Crippen molar-refractivity contribution < 1.29 is 18.0 Å². The lowest BCUT2D eigenvalue weighted by Gasteiger charge is -2.09. The lowest BCUT2D eigenvalue weighted by molar-refractivity contribution is -0.142. The number of amides is 1. The molecular weight excluding hydrogens is 483 g/mol. The van der Waals surface area contributed by atoms with Gasteiger partial charge in [0.25, 0.3) is 0 Å². The van der Waals surface area contributed by atoms with E-state index in [1.807, 2.05) is 0 Å². The highest BCUT2D eigenvalue weighted by Gasteiger charge is 2.41. The molecule has 0 bridgehead atoms. The number of aryl methyl sites for hydroxylation is 2. The summed E-state index contributed by atoms with van der Waals surface area (Å²) >= 11 is 6.38. The number of aromatic nitrogens is 4. The minimum atomic E-state index is -4.53. The molecule has 1 saturated carbocycles. The van der Waals surface area contributed by atoms with Gasteiger partial charge >= 0.3 is 6.18 Å². The molecule has 11 heteroatoms. The maximum absolute atomic E-state index is 13.1. The summed E-state index contributed by atoms with van der Waals surface area (Å²) in [5.74, 6) is -0.193. The van der Waals surface area contributed by atoms with Crippen LogP contribution in [0.5, 0.6) is 0 Å². The van der Waals surface area contributed by atoms with Crippen molar-refractivity contribution in [1.29, 1.82) is 0 Å². The van der Waals surface area contributed by atoms with E-state index in [4.69, 9.17) is 0 Å². The van der Waals surface area contributed by atoms with E-state index >= 15 is 0 Å². The lowest BCUT2D eigenvalue weighted by Crippen LogP contribution is -2.25. The SMILES string of the molecule is Cn1ncc(Br)c1CNC(=O)CCn1nc(C(F)(F)F)c(Br)c1C1CC1. The topological polar surface area (TPSA) is 64.7 Å².